The summed E-state index contributed by atoms with van der Waals surface area (Å²) in [5.41, 5.74) is 1.98. The number of piperazine rings is 1. The Morgan fingerprint density at radius 3 is 2.35 bits per heavy atom. The van der Waals surface area contributed by atoms with Crippen LogP contribution in [0.25, 0.3) is 0 Å². The molecule has 7 nitrogen and oxygen atoms in total. The summed E-state index contributed by atoms with van der Waals surface area (Å²) < 4.78 is 13.4. The molecule has 34 heavy (non-hydrogen) atoms. The molecule has 0 aromatic heterocycles. The number of nitrogens with one attached hydrogen (secondary N) is 1. The SMILES string of the molecule is C=CCN(CC(=O)Nc1ccc(N2CCN(C(=O)c3cccc(F)c3)CC2)cc1)C(=O)C(C)C. The van der Waals surface area contributed by atoms with Gasteiger partial charge in [0.25, 0.3) is 5.91 Å². The molecular weight excluding hydrogens is 435 g/mol. The van der Waals surface area contributed by atoms with Gasteiger partial charge in [0.05, 0.1) is 0 Å². The fraction of sp³-hybridized carbons (Fsp3) is 0.346. The van der Waals surface area contributed by atoms with E-state index >= 15 is 0 Å². The summed E-state index contributed by atoms with van der Waals surface area (Å²) in [5, 5.41) is 2.83. The van der Waals surface area contributed by atoms with E-state index in [-0.39, 0.29) is 30.2 Å². The average Bonchev–Trinajstić information content (AvgIpc) is 2.83. The standard InChI is InChI=1S/C26H31FN4O3/c1-4-12-31(25(33)19(2)3)18-24(32)28-22-8-10-23(11-9-22)29-13-15-30(16-14-29)26(34)20-6-5-7-21(27)17-20/h4-11,17,19H,1,12-16,18H2,2-3H3,(H,28,32). The summed E-state index contributed by atoms with van der Waals surface area (Å²) >= 11 is 0. The van der Waals surface area contributed by atoms with Crippen molar-refractivity contribution >= 4 is 29.1 Å². The molecule has 1 fully saturated rings. The molecule has 1 heterocycles. The fourth-order valence-corrected chi connectivity index (χ4v) is 3.85. The Morgan fingerprint density at radius 2 is 1.76 bits per heavy atom. The van der Waals surface area contributed by atoms with Crippen molar-refractivity contribution in [1.82, 2.24) is 9.80 Å². The number of rotatable bonds is 8. The minimum Gasteiger partial charge on any atom is -0.368 e. The first-order valence-electron chi connectivity index (χ1n) is 11.4. The van der Waals surface area contributed by atoms with Crippen molar-refractivity contribution in [1.29, 1.82) is 0 Å². The van der Waals surface area contributed by atoms with Crippen LogP contribution in [-0.4, -0.2) is 66.8 Å². The zero-order chi connectivity index (χ0) is 24.7. The molecule has 0 aliphatic carbocycles. The zero-order valence-electron chi connectivity index (χ0n) is 19.7. The molecule has 1 saturated heterocycles. The highest BCUT2D eigenvalue weighted by atomic mass is 19.1. The van der Waals surface area contributed by atoms with Crippen molar-refractivity contribution in [2.75, 3.05) is 49.5 Å². The average molecular weight is 467 g/mol. The number of amides is 3. The first kappa shape index (κ1) is 25.0. The van der Waals surface area contributed by atoms with Gasteiger partial charge in [-0.2, -0.15) is 0 Å². The maximum Gasteiger partial charge on any atom is 0.254 e. The van der Waals surface area contributed by atoms with E-state index in [4.69, 9.17) is 0 Å². The predicted molar refractivity (Wildman–Crippen MR) is 131 cm³/mol. The minimum atomic E-state index is -0.420. The van der Waals surface area contributed by atoms with Crippen LogP contribution in [0.3, 0.4) is 0 Å². The normalized spacial score (nSPS) is 13.5. The molecule has 0 bridgehead atoms. The van der Waals surface area contributed by atoms with E-state index in [2.05, 4.69) is 16.8 Å². The molecule has 8 heteroatoms. The van der Waals surface area contributed by atoms with Gasteiger partial charge in [-0.1, -0.05) is 26.0 Å². The molecule has 3 amide bonds. The molecule has 0 spiro atoms. The van der Waals surface area contributed by atoms with Crippen LogP contribution in [0.2, 0.25) is 0 Å². The van der Waals surface area contributed by atoms with Crippen LogP contribution in [0, 0.1) is 11.7 Å². The van der Waals surface area contributed by atoms with Crippen LogP contribution in [0.5, 0.6) is 0 Å². The van der Waals surface area contributed by atoms with Gasteiger partial charge in [-0.15, -0.1) is 6.58 Å². The largest absolute Gasteiger partial charge is 0.368 e. The number of benzene rings is 2. The van der Waals surface area contributed by atoms with Gasteiger partial charge in [-0.25, -0.2) is 4.39 Å². The van der Waals surface area contributed by atoms with Crippen LogP contribution >= 0.6 is 0 Å². The van der Waals surface area contributed by atoms with E-state index in [1.165, 1.54) is 17.0 Å². The summed E-state index contributed by atoms with van der Waals surface area (Å²) in [6.45, 7) is 9.91. The molecule has 0 radical (unpaired) electrons. The summed E-state index contributed by atoms with van der Waals surface area (Å²) in [6, 6.07) is 13.2. The Kier molecular flexibility index (Phi) is 8.40. The van der Waals surface area contributed by atoms with E-state index in [0.29, 0.717) is 44.0 Å². The molecule has 1 N–H and O–H groups in total. The second-order valence-electron chi connectivity index (χ2n) is 8.55. The molecule has 0 atom stereocenters. The number of hydrogen-bond donors (Lipinski definition) is 1. The maximum atomic E-state index is 13.4. The second kappa shape index (κ2) is 11.4. The summed E-state index contributed by atoms with van der Waals surface area (Å²) in [4.78, 5) is 42.7. The highest BCUT2D eigenvalue weighted by Crippen LogP contribution is 2.20. The third kappa shape index (κ3) is 6.43. The molecule has 3 rings (SSSR count). The first-order chi connectivity index (χ1) is 16.3. The topological polar surface area (TPSA) is 73.0 Å². The lowest BCUT2D eigenvalue weighted by Crippen LogP contribution is -2.48. The Bertz CT molecular complexity index is 1030. The van der Waals surface area contributed by atoms with E-state index < -0.39 is 5.82 Å². The molecule has 1 aliphatic heterocycles. The molecule has 1 aliphatic rings. The number of carbonyl (C=O) groups is 3. The quantitative estimate of drug-likeness (QED) is 0.606. The third-order valence-corrected chi connectivity index (χ3v) is 5.64. The highest BCUT2D eigenvalue weighted by Gasteiger charge is 2.23. The molecule has 2 aromatic rings. The zero-order valence-corrected chi connectivity index (χ0v) is 19.7. The van der Waals surface area contributed by atoms with Gasteiger partial charge in [-0.05, 0) is 42.5 Å². The number of hydrogen-bond acceptors (Lipinski definition) is 4. The van der Waals surface area contributed by atoms with Crippen molar-refractivity contribution in [2.45, 2.75) is 13.8 Å². The Labute approximate surface area is 199 Å². The lowest BCUT2D eigenvalue weighted by atomic mass is 10.1. The van der Waals surface area contributed by atoms with E-state index in [0.717, 1.165) is 5.69 Å². The van der Waals surface area contributed by atoms with Gasteiger partial charge in [0.2, 0.25) is 11.8 Å². The fourth-order valence-electron chi connectivity index (χ4n) is 3.85. The lowest BCUT2D eigenvalue weighted by molar-refractivity contribution is -0.136. The van der Waals surface area contributed by atoms with E-state index in [9.17, 15) is 18.8 Å². The van der Waals surface area contributed by atoms with Gasteiger partial charge in [-0.3, -0.25) is 14.4 Å². The van der Waals surface area contributed by atoms with Crippen LogP contribution in [0.1, 0.15) is 24.2 Å². The van der Waals surface area contributed by atoms with Gasteiger partial charge in [0.1, 0.15) is 12.4 Å². The molecule has 0 saturated carbocycles. The van der Waals surface area contributed by atoms with Gasteiger partial charge >= 0.3 is 0 Å². The molecule has 180 valence electrons. The summed E-state index contributed by atoms with van der Waals surface area (Å²) in [7, 11) is 0. The van der Waals surface area contributed by atoms with Crippen molar-refractivity contribution in [3.63, 3.8) is 0 Å². The Balaban J connectivity index is 1.53. The minimum absolute atomic E-state index is 0.0356. The number of carbonyl (C=O) groups excluding carboxylic acids is 3. The number of anilines is 2. The van der Waals surface area contributed by atoms with Crippen molar-refractivity contribution < 1.29 is 18.8 Å². The van der Waals surface area contributed by atoms with Crippen LogP contribution in [0.15, 0.2) is 61.2 Å². The van der Waals surface area contributed by atoms with Crippen molar-refractivity contribution in [3.05, 3.63) is 72.6 Å². The van der Waals surface area contributed by atoms with Gasteiger partial charge in [0.15, 0.2) is 0 Å². The number of halogens is 1. The van der Waals surface area contributed by atoms with Crippen LogP contribution in [-0.2, 0) is 9.59 Å². The highest BCUT2D eigenvalue weighted by molar-refractivity contribution is 5.95. The second-order valence-corrected chi connectivity index (χ2v) is 8.55. The first-order valence-corrected chi connectivity index (χ1v) is 11.4. The monoisotopic (exact) mass is 466 g/mol. The Hall–Kier alpha value is -3.68. The van der Waals surface area contributed by atoms with E-state index in [1.54, 1.807) is 37.0 Å². The van der Waals surface area contributed by atoms with Crippen molar-refractivity contribution in [3.8, 4) is 0 Å². The predicted octanol–water partition coefficient (Wildman–Crippen LogP) is 3.40. The maximum absolute atomic E-state index is 13.4. The third-order valence-electron chi connectivity index (χ3n) is 5.64. The molecule has 0 unspecified atom stereocenters. The lowest BCUT2D eigenvalue weighted by Gasteiger charge is -2.36. The van der Waals surface area contributed by atoms with E-state index in [1.807, 2.05) is 24.3 Å². The molecule has 2 aromatic carbocycles. The van der Waals surface area contributed by atoms with Gasteiger partial charge < -0.3 is 20.0 Å². The van der Waals surface area contributed by atoms with Crippen molar-refractivity contribution in [2.24, 2.45) is 5.92 Å². The van der Waals surface area contributed by atoms with Crippen LogP contribution in [0.4, 0.5) is 15.8 Å². The molecular formula is C26H31FN4O3. The summed E-state index contributed by atoms with van der Waals surface area (Å²) in [6.07, 6.45) is 1.60. The van der Waals surface area contributed by atoms with Crippen LogP contribution < -0.4 is 10.2 Å². The smallest absolute Gasteiger partial charge is 0.254 e. The summed E-state index contributed by atoms with van der Waals surface area (Å²) in [5.74, 6) is -1.15. The van der Waals surface area contributed by atoms with Gasteiger partial charge in [0, 0.05) is 55.6 Å². The Morgan fingerprint density at radius 1 is 1.09 bits per heavy atom. The number of nitrogens with zero attached hydrogens (tertiary/aromatic N) is 3.